The standard InChI is InChI=1S/C27H31ClFN3O3Si/c1-3-12-35-27(34)31-10-11-32(17(2)25(36)16-31)26(33)20-8-9-21-22(28)14-23(30-24(21)13-20)19-6-4-18(15-29)5-7-19/h4-9,13-14,17,25H,3,10-12,15-16H2,1-2,36H3. The van der Waals surface area contributed by atoms with Gasteiger partial charge in [0.25, 0.3) is 5.91 Å². The highest BCUT2D eigenvalue weighted by atomic mass is 35.5. The highest BCUT2D eigenvalue weighted by Crippen LogP contribution is 2.30. The van der Waals surface area contributed by atoms with Crippen LogP contribution in [0.25, 0.3) is 22.2 Å². The number of amides is 2. The minimum absolute atomic E-state index is 0.000684. The second-order valence-corrected chi connectivity index (χ2v) is 11.2. The van der Waals surface area contributed by atoms with Crippen LogP contribution in [0.5, 0.6) is 0 Å². The number of benzene rings is 2. The Morgan fingerprint density at radius 3 is 2.61 bits per heavy atom. The van der Waals surface area contributed by atoms with Crippen LogP contribution >= 0.6 is 11.6 Å². The molecule has 1 aliphatic rings. The largest absolute Gasteiger partial charge is 0.449 e. The number of halogens is 2. The molecule has 2 heterocycles. The number of rotatable bonds is 5. The molecule has 0 spiro atoms. The summed E-state index contributed by atoms with van der Waals surface area (Å²) in [7, 11) is 0.840. The number of carbonyl (C=O) groups is 2. The molecule has 0 N–H and O–H groups in total. The second-order valence-electron chi connectivity index (χ2n) is 9.33. The maximum absolute atomic E-state index is 13.6. The minimum Gasteiger partial charge on any atom is -0.449 e. The first-order valence-corrected chi connectivity index (χ1v) is 13.8. The fourth-order valence-corrected chi connectivity index (χ4v) is 5.52. The third-order valence-corrected chi connectivity index (χ3v) is 8.44. The molecular formula is C27H31ClFN3O3Si. The molecule has 36 heavy (non-hydrogen) atoms. The Morgan fingerprint density at radius 1 is 1.17 bits per heavy atom. The van der Waals surface area contributed by atoms with Gasteiger partial charge in [0.2, 0.25) is 0 Å². The predicted octanol–water partition coefficient (Wildman–Crippen LogP) is 4.87. The first-order valence-electron chi connectivity index (χ1n) is 12.3. The molecule has 2 unspecified atom stereocenters. The summed E-state index contributed by atoms with van der Waals surface area (Å²) in [5, 5.41) is 1.29. The van der Waals surface area contributed by atoms with Gasteiger partial charge in [0.15, 0.2) is 0 Å². The van der Waals surface area contributed by atoms with Crippen molar-refractivity contribution in [1.29, 1.82) is 0 Å². The van der Waals surface area contributed by atoms with Crippen molar-refractivity contribution in [2.45, 2.75) is 38.5 Å². The van der Waals surface area contributed by atoms with E-state index in [1.807, 2.05) is 36.9 Å². The van der Waals surface area contributed by atoms with Crippen LogP contribution in [0, 0.1) is 0 Å². The number of fused-ring (bicyclic) bond motifs is 1. The van der Waals surface area contributed by atoms with Gasteiger partial charge < -0.3 is 14.5 Å². The quantitative estimate of drug-likeness (QED) is 0.444. The number of hydrogen-bond acceptors (Lipinski definition) is 4. The van der Waals surface area contributed by atoms with E-state index >= 15 is 0 Å². The van der Waals surface area contributed by atoms with Crippen LogP contribution in [0.1, 0.15) is 36.2 Å². The molecule has 0 radical (unpaired) electrons. The van der Waals surface area contributed by atoms with E-state index in [9.17, 15) is 14.0 Å². The fraction of sp³-hybridized carbons (Fsp3) is 0.370. The molecule has 2 amide bonds. The van der Waals surface area contributed by atoms with Crippen LogP contribution in [0.4, 0.5) is 9.18 Å². The molecule has 2 aromatic carbocycles. The van der Waals surface area contributed by atoms with Crippen molar-refractivity contribution in [3.63, 3.8) is 0 Å². The zero-order chi connectivity index (χ0) is 25.8. The molecule has 1 saturated heterocycles. The lowest BCUT2D eigenvalue weighted by atomic mass is 10.1. The molecule has 1 aromatic heterocycles. The first-order chi connectivity index (χ1) is 17.3. The first kappa shape index (κ1) is 26.1. The summed E-state index contributed by atoms with van der Waals surface area (Å²) in [6.45, 7) is 5.36. The second kappa shape index (κ2) is 11.4. The van der Waals surface area contributed by atoms with Crippen LogP contribution in [-0.2, 0) is 11.4 Å². The lowest BCUT2D eigenvalue weighted by molar-refractivity contribution is 0.0695. The van der Waals surface area contributed by atoms with E-state index in [0.29, 0.717) is 53.6 Å². The van der Waals surface area contributed by atoms with E-state index in [1.165, 1.54) is 0 Å². The Balaban J connectivity index is 1.60. The van der Waals surface area contributed by atoms with Crippen molar-refractivity contribution < 1.29 is 18.7 Å². The highest BCUT2D eigenvalue weighted by molar-refractivity contribution is 6.35. The van der Waals surface area contributed by atoms with E-state index in [1.54, 1.807) is 35.2 Å². The Hall–Kier alpha value is -2.97. The van der Waals surface area contributed by atoms with E-state index in [0.717, 1.165) is 27.6 Å². The number of carbonyl (C=O) groups excluding carboxylic acids is 2. The molecule has 0 saturated carbocycles. The van der Waals surface area contributed by atoms with Crippen LogP contribution in [0.2, 0.25) is 10.6 Å². The van der Waals surface area contributed by atoms with Gasteiger partial charge in [-0.2, -0.15) is 0 Å². The third-order valence-electron chi connectivity index (χ3n) is 6.79. The molecule has 0 aliphatic carbocycles. The van der Waals surface area contributed by atoms with Gasteiger partial charge >= 0.3 is 6.09 Å². The monoisotopic (exact) mass is 527 g/mol. The zero-order valence-electron chi connectivity index (χ0n) is 20.8. The average molecular weight is 528 g/mol. The number of aromatic nitrogens is 1. The average Bonchev–Trinajstić information content (AvgIpc) is 3.04. The maximum atomic E-state index is 13.6. The summed E-state index contributed by atoms with van der Waals surface area (Å²) < 4.78 is 18.2. The summed E-state index contributed by atoms with van der Waals surface area (Å²) in [5.74, 6) is -0.0929. The topological polar surface area (TPSA) is 62.7 Å². The van der Waals surface area contributed by atoms with Crippen molar-refractivity contribution in [2.75, 3.05) is 26.2 Å². The molecule has 190 valence electrons. The number of hydrogen-bond donors (Lipinski definition) is 0. The van der Waals surface area contributed by atoms with Crippen LogP contribution in [0.3, 0.4) is 0 Å². The van der Waals surface area contributed by atoms with Crippen molar-refractivity contribution >= 4 is 44.7 Å². The van der Waals surface area contributed by atoms with Crippen LogP contribution < -0.4 is 0 Å². The Labute approximate surface area is 218 Å². The Morgan fingerprint density at radius 2 is 1.92 bits per heavy atom. The molecule has 1 fully saturated rings. The maximum Gasteiger partial charge on any atom is 0.409 e. The fourth-order valence-electron chi connectivity index (χ4n) is 4.46. The predicted molar refractivity (Wildman–Crippen MR) is 144 cm³/mol. The van der Waals surface area contributed by atoms with Crippen molar-refractivity contribution in [1.82, 2.24) is 14.8 Å². The highest BCUT2D eigenvalue weighted by Gasteiger charge is 2.32. The van der Waals surface area contributed by atoms with Crippen molar-refractivity contribution in [3.8, 4) is 11.3 Å². The van der Waals surface area contributed by atoms with E-state index in [4.69, 9.17) is 21.3 Å². The Kier molecular flexibility index (Phi) is 8.26. The smallest absolute Gasteiger partial charge is 0.409 e. The van der Waals surface area contributed by atoms with Gasteiger partial charge in [-0.3, -0.25) is 4.79 Å². The molecule has 0 bridgehead atoms. The third kappa shape index (κ3) is 5.55. The zero-order valence-corrected chi connectivity index (χ0v) is 23.6. The molecule has 6 nitrogen and oxygen atoms in total. The molecule has 3 aromatic rings. The molecule has 9 heteroatoms. The van der Waals surface area contributed by atoms with Crippen LogP contribution in [0.15, 0.2) is 48.5 Å². The van der Waals surface area contributed by atoms with Gasteiger partial charge in [0.05, 0.1) is 22.8 Å². The number of nitrogens with zero attached hydrogens (tertiary/aromatic N) is 3. The summed E-state index contributed by atoms with van der Waals surface area (Å²) in [5.41, 5.74) is 3.44. The van der Waals surface area contributed by atoms with Gasteiger partial charge in [-0.1, -0.05) is 48.9 Å². The van der Waals surface area contributed by atoms with E-state index < -0.39 is 6.67 Å². The van der Waals surface area contributed by atoms with Crippen molar-refractivity contribution in [3.05, 3.63) is 64.7 Å². The number of ether oxygens (including phenoxy) is 1. The lowest BCUT2D eigenvalue weighted by Gasteiger charge is -2.30. The van der Waals surface area contributed by atoms with Gasteiger partial charge in [0, 0.05) is 52.4 Å². The molecule has 4 rings (SSSR count). The van der Waals surface area contributed by atoms with E-state index in [-0.39, 0.29) is 23.6 Å². The summed E-state index contributed by atoms with van der Waals surface area (Å²) >= 11 is 6.56. The van der Waals surface area contributed by atoms with E-state index in [2.05, 4.69) is 0 Å². The van der Waals surface area contributed by atoms with Gasteiger partial charge in [0.1, 0.15) is 6.67 Å². The Bertz CT molecular complexity index is 1260. The molecule has 2 atom stereocenters. The molecular weight excluding hydrogens is 497 g/mol. The van der Waals surface area contributed by atoms with Gasteiger partial charge in [-0.15, -0.1) is 0 Å². The SMILES string of the molecule is CCCOC(=O)N1CCN(C(=O)c2ccc3c(Cl)cc(-c4ccc(CF)cc4)nc3c2)C(C)C([SiH3])C1. The van der Waals surface area contributed by atoms with Crippen LogP contribution in [-0.4, -0.2) is 69.3 Å². The van der Waals surface area contributed by atoms with Gasteiger partial charge in [-0.25, -0.2) is 14.2 Å². The molecule has 1 aliphatic heterocycles. The normalized spacial score (nSPS) is 18.3. The summed E-state index contributed by atoms with van der Waals surface area (Å²) in [6.07, 6.45) is 0.464. The summed E-state index contributed by atoms with van der Waals surface area (Å²) in [6, 6.07) is 14.2. The summed E-state index contributed by atoms with van der Waals surface area (Å²) in [4.78, 5) is 34.4. The van der Waals surface area contributed by atoms with Gasteiger partial charge in [-0.05, 0) is 42.6 Å². The number of alkyl halides is 1. The number of pyridine rings is 1. The minimum atomic E-state index is -0.522. The van der Waals surface area contributed by atoms with Crippen molar-refractivity contribution in [2.24, 2.45) is 0 Å². The lowest BCUT2D eigenvalue weighted by Crippen LogP contribution is -2.41.